The highest BCUT2D eigenvalue weighted by molar-refractivity contribution is 9.10. The Balaban J connectivity index is 1.51. The minimum Gasteiger partial charge on any atom is -0.455 e. The molecule has 29 heavy (non-hydrogen) atoms. The number of nitrogens with zero attached hydrogens (tertiary/aromatic N) is 1. The highest BCUT2D eigenvalue weighted by Gasteiger charge is 2.09. The molecule has 0 aliphatic carbocycles. The Hall–Kier alpha value is -3.19. The summed E-state index contributed by atoms with van der Waals surface area (Å²) >= 11 is 3.53. The summed E-state index contributed by atoms with van der Waals surface area (Å²) in [6.45, 7) is 3.78. The van der Waals surface area contributed by atoms with Crippen LogP contribution in [-0.2, 0) is 4.79 Å². The van der Waals surface area contributed by atoms with Crippen LogP contribution in [0.1, 0.15) is 27.2 Å². The van der Waals surface area contributed by atoms with E-state index in [2.05, 4.69) is 31.8 Å². The fraction of sp³-hybridized carbons (Fsp3) is 0.136. The van der Waals surface area contributed by atoms with Gasteiger partial charge in [0.1, 0.15) is 11.5 Å². The zero-order valence-corrected chi connectivity index (χ0v) is 17.6. The molecule has 0 unspecified atom stereocenters. The number of aryl methyl sites for hydroxylation is 2. The number of hydrogen-bond acceptors (Lipinski definition) is 4. The van der Waals surface area contributed by atoms with E-state index in [1.807, 2.05) is 50.2 Å². The zero-order chi connectivity index (χ0) is 20.8. The average molecular weight is 454 g/mol. The van der Waals surface area contributed by atoms with Crippen LogP contribution in [0.25, 0.3) is 11.3 Å². The van der Waals surface area contributed by atoms with E-state index in [9.17, 15) is 9.59 Å². The minimum absolute atomic E-state index is 0.177. The minimum atomic E-state index is -0.435. The van der Waals surface area contributed by atoms with Gasteiger partial charge < -0.3 is 9.73 Å². The molecule has 1 heterocycles. The molecule has 2 N–H and O–H groups in total. The van der Waals surface area contributed by atoms with E-state index < -0.39 is 5.91 Å². The molecule has 0 spiro atoms. The lowest BCUT2D eigenvalue weighted by Gasteiger charge is -2.04. The smallest absolute Gasteiger partial charge is 0.259 e. The predicted molar refractivity (Wildman–Crippen MR) is 116 cm³/mol. The Morgan fingerprint density at radius 1 is 1.03 bits per heavy atom. The van der Waals surface area contributed by atoms with Crippen molar-refractivity contribution in [1.82, 2.24) is 10.7 Å². The standard InChI is InChI=1S/C22H20BrN3O3/c1-14-3-6-16(7-4-14)22(28)24-13-21(27)26-25-12-17-8-10-20(29-17)18-9-5-15(2)11-19(18)23/h3-12H,13H2,1-2H3,(H,24,28)(H,26,27)/b25-12-. The molecule has 2 amide bonds. The van der Waals surface area contributed by atoms with E-state index in [1.165, 1.54) is 6.21 Å². The molecule has 1 aromatic heterocycles. The highest BCUT2D eigenvalue weighted by Crippen LogP contribution is 2.30. The topological polar surface area (TPSA) is 83.7 Å². The summed E-state index contributed by atoms with van der Waals surface area (Å²) in [4.78, 5) is 23.8. The number of furan rings is 1. The number of hydrogen-bond donors (Lipinski definition) is 2. The molecule has 0 fully saturated rings. The first kappa shape index (κ1) is 20.5. The van der Waals surface area contributed by atoms with Crippen molar-refractivity contribution < 1.29 is 14.0 Å². The van der Waals surface area contributed by atoms with E-state index in [0.29, 0.717) is 17.1 Å². The van der Waals surface area contributed by atoms with Crippen LogP contribution in [0.4, 0.5) is 0 Å². The van der Waals surface area contributed by atoms with E-state index in [0.717, 1.165) is 21.2 Å². The summed E-state index contributed by atoms with van der Waals surface area (Å²) in [5.74, 6) is 0.435. The second-order valence-electron chi connectivity index (χ2n) is 6.53. The number of hydrazone groups is 1. The molecule has 3 aromatic rings. The van der Waals surface area contributed by atoms with Crippen LogP contribution in [-0.4, -0.2) is 24.6 Å². The van der Waals surface area contributed by atoms with Crippen molar-refractivity contribution in [2.75, 3.05) is 6.54 Å². The van der Waals surface area contributed by atoms with Gasteiger partial charge in [0, 0.05) is 15.6 Å². The molecular weight excluding hydrogens is 434 g/mol. The summed E-state index contributed by atoms with van der Waals surface area (Å²) in [6.07, 6.45) is 1.41. The average Bonchev–Trinajstić information content (AvgIpc) is 3.15. The molecule has 0 saturated carbocycles. The van der Waals surface area contributed by atoms with Crippen LogP contribution >= 0.6 is 15.9 Å². The Kier molecular flexibility index (Phi) is 6.61. The molecule has 0 aliphatic heterocycles. The van der Waals surface area contributed by atoms with E-state index in [-0.39, 0.29) is 12.5 Å². The number of nitrogens with one attached hydrogen (secondary N) is 2. The second kappa shape index (κ2) is 9.34. The van der Waals surface area contributed by atoms with Crippen LogP contribution in [0.5, 0.6) is 0 Å². The number of halogens is 1. The number of rotatable bonds is 6. The van der Waals surface area contributed by atoms with Gasteiger partial charge in [-0.2, -0.15) is 5.10 Å². The lowest BCUT2D eigenvalue weighted by Crippen LogP contribution is -2.34. The van der Waals surface area contributed by atoms with Crippen LogP contribution in [0.3, 0.4) is 0 Å². The SMILES string of the molecule is Cc1ccc(C(=O)NCC(=O)N/N=C\c2ccc(-c3ccc(C)cc3Br)o2)cc1. The van der Waals surface area contributed by atoms with Crippen molar-refractivity contribution >= 4 is 34.0 Å². The summed E-state index contributed by atoms with van der Waals surface area (Å²) in [7, 11) is 0. The van der Waals surface area contributed by atoms with Gasteiger partial charge in [-0.3, -0.25) is 9.59 Å². The third-order valence-corrected chi connectivity index (χ3v) is 4.78. The summed E-state index contributed by atoms with van der Waals surface area (Å²) in [6, 6.07) is 16.7. The Bertz CT molecular complexity index is 1060. The second-order valence-corrected chi connectivity index (χ2v) is 7.38. The maximum absolute atomic E-state index is 12.0. The van der Waals surface area contributed by atoms with Crippen LogP contribution in [0.15, 0.2) is 68.6 Å². The molecule has 3 rings (SSSR count). The molecule has 0 bridgehead atoms. The first-order valence-corrected chi connectivity index (χ1v) is 9.75. The predicted octanol–water partition coefficient (Wildman–Crippen LogP) is 4.21. The summed E-state index contributed by atoms with van der Waals surface area (Å²) in [5.41, 5.74) is 5.99. The molecule has 2 aromatic carbocycles. The number of carbonyl (C=O) groups is 2. The van der Waals surface area contributed by atoms with Gasteiger partial charge in [-0.1, -0.05) is 39.7 Å². The highest BCUT2D eigenvalue weighted by atomic mass is 79.9. The third kappa shape index (κ3) is 5.65. The number of benzene rings is 2. The normalized spacial score (nSPS) is 10.9. The molecule has 6 nitrogen and oxygen atoms in total. The molecule has 0 atom stereocenters. The van der Waals surface area contributed by atoms with Gasteiger partial charge in [0.15, 0.2) is 0 Å². The Morgan fingerprint density at radius 3 is 2.48 bits per heavy atom. The van der Waals surface area contributed by atoms with Crippen molar-refractivity contribution in [3.8, 4) is 11.3 Å². The molecule has 0 saturated heterocycles. The van der Waals surface area contributed by atoms with Gasteiger partial charge in [-0.25, -0.2) is 5.43 Å². The van der Waals surface area contributed by atoms with Crippen molar-refractivity contribution in [1.29, 1.82) is 0 Å². The van der Waals surface area contributed by atoms with Gasteiger partial charge in [-0.05, 0) is 55.8 Å². The van der Waals surface area contributed by atoms with Crippen molar-refractivity contribution in [2.24, 2.45) is 5.10 Å². The quantitative estimate of drug-likeness (QED) is 0.433. The number of carbonyl (C=O) groups excluding carboxylic acids is 2. The lowest BCUT2D eigenvalue weighted by atomic mass is 10.1. The molecular formula is C22H20BrN3O3. The maximum Gasteiger partial charge on any atom is 0.259 e. The van der Waals surface area contributed by atoms with E-state index in [1.54, 1.807) is 18.2 Å². The largest absolute Gasteiger partial charge is 0.455 e. The van der Waals surface area contributed by atoms with E-state index >= 15 is 0 Å². The first-order valence-electron chi connectivity index (χ1n) is 8.95. The Morgan fingerprint density at radius 2 is 1.76 bits per heavy atom. The van der Waals surface area contributed by atoms with Gasteiger partial charge in [0.05, 0.1) is 12.8 Å². The molecule has 148 valence electrons. The van der Waals surface area contributed by atoms with Crippen molar-refractivity contribution in [2.45, 2.75) is 13.8 Å². The van der Waals surface area contributed by atoms with Crippen molar-refractivity contribution in [3.05, 3.63) is 81.5 Å². The summed E-state index contributed by atoms with van der Waals surface area (Å²) < 4.78 is 6.68. The molecule has 0 aliphatic rings. The zero-order valence-electron chi connectivity index (χ0n) is 16.0. The fourth-order valence-corrected chi connectivity index (χ4v) is 3.25. The van der Waals surface area contributed by atoms with Crippen molar-refractivity contribution in [3.63, 3.8) is 0 Å². The first-order chi connectivity index (χ1) is 13.9. The number of amides is 2. The molecule has 0 radical (unpaired) electrons. The van der Waals surface area contributed by atoms with E-state index in [4.69, 9.17) is 4.42 Å². The maximum atomic E-state index is 12.0. The summed E-state index contributed by atoms with van der Waals surface area (Å²) in [5, 5.41) is 6.42. The van der Waals surface area contributed by atoms with Gasteiger partial charge >= 0.3 is 0 Å². The van der Waals surface area contributed by atoms with Gasteiger partial charge in [-0.15, -0.1) is 0 Å². The fourth-order valence-electron chi connectivity index (χ4n) is 2.56. The monoisotopic (exact) mass is 453 g/mol. The van der Waals surface area contributed by atoms with Crippen LogP contribution in [0.2, 0.25) is 0 Å². The van der Waals surface area contributed by atoms with Crippen LogP contribution in [0, 0.1) is 13.8 Å². The third-order valence-electron chi connectivity index (χ3n) is 4.12. The van der Waals surface area contributed by atoms with Gasteiger partial charge in [0.25, 0.3) is 11.8 Å². The van der Waals surface area contributed by atoms with Gasteiger partial charge in [0.2, 0.25) is 0 Å². The molecule has 7 heteroatoms. The lowest BCUT2D eigenvalue weighted by molar-refractivity contribution is -0.120. The Labute approximate surface area is 177 Å². The van der Waals surface area contributed by atoms with Crippen LogP contribution < -0.4 is 10.7 Å².